The van der Waals surface area contributed by atoms with Crippen LogP contribution in [0.25, 0.3) is 11.5 Å². The Bertz CT molecular complexity index is 1080. The van der Waals surface area contributed by atoms with Gasteiger partial charge < -0.3 is 18.3 Å². The van der Waals surface area contributed by atoms with E-state index in [1.165, 1.54) is 11.8 Å². The van der Waals surface area contributed by atoms with E-state index in [0.717, 1.165) is 16.9 Å². The maximum Gasteiger partial charge on any atom is 0.277 e. The number of aryl methyl sites for hydroxylation is 1. The molecule has 0 aliphatic rings. The van der Waals surface area contributed by atoms with Crippen LogP contribution in [0.2, 0.25) is 0 Å². The molecule has 0 spiro atoms. The molecule has 4 rings (SSSR count). The molecule has 0 fully saturated rings. The van der Waals surface area contributed by atoms with Gasteiger partial charge in [-0.3, -0.25) is 0 Å². The van der Waals surface area contributed by atoms with Gasteiger partial charge in [0.1, 0.15) is 11.5 Å². The summed E-state index contributed by atoms with van der Waals surface area (Å²) in [6, 6.07) is 15.2. The molecule has 0 atom stereocenters. The van der Waals surface area contributed by atoms with Crippen molar-refractivity contribution in [2.75, 3.05) is 7.11 Å². The van der Waals surface area contributed by atoms with E-state index in [1.807, 2.05) is 55.5 Å². The van der Waals surface area contributed by atoms with Gasteiger partial charge in [0, 0.05) is 5.56 Å². The van der Waals surface area contributed by atoms with Crippen molar-refractivity contribution in [3.8, 4) is 23.0 Å². The van der Waals surface area contributed by atoms with Crippen molar-refractivity contribution in [3.05, 3.63) is 65.9 Å². The molecule has 8 nitrogen and oxygen atoms in total. The number of benzene rings is 2. The largest absolute Gasteiger partial charge is 0.497 e. The van der Waals surface area contributed by atoms with E-state index >= 15 is 0 Å². The first kappa shape index (κ1) is 19.0. The number of hydrogen-bond acceptors (Lipinski definition) is 9. The molecule has 0 N–H and O–H groups in total. The van der Waals surface area contributed by atoms with E-state index in [4.69, 9.17) is 18.3 Å². The van der Waals surface area contributed by atoms with Gasteiger partial charge in [-0.2, -0.15) is 0 Å². The summed E-state index contributed by atoms with van der Waals surface area (Å²) in [7, 11) is 1.62. The van der Waals surface area contributed by atoms with Crippen molar-refractivity contribution >= 4 is 11.8 Å². The molecular weight excluding hydrogens is 392 g/mol. The van der Waals surface area contributed by atoms with E-state index in [2.05, 4.69) is 20.4 Å². The molecule has 148 valence electrons. The summed E-state index contributed by atoms with van der Waals surface area (Å²) < 4.78 is 22.0. The highest BCUT2D eigenvalue weighted by Gasteiger charge is 2.12. The van der Waals surface area contributed by atoms with Crippen LogP contribution < -0.4 is 9.47 Å². The van der Waals surface area contributed by atoms with Gasteiger partial charge in [0.25, 0.3) is 11.1 Å². The molecular formula is C20H18N4O4S. The van der Waals surface area contributed by atoms with Crippen LogP contribution >= 0.6 is 11.8 Å². The van der Waals surface area contributed by atoms with Crippen LogP contribution in [0.1, 0.15) is 17.3 Å². The Hall–Kier alpha value is -3.33. The van der Waals surface area contributed by atoms with Gasteiger partial charge >= 0.3 is 0 Å². The van der Waals surface area contributed by atoms with Crippen LogP contribution in [0, 0.1) is 6.92 Å². The van der Waals surface area contributed by atoms with Crippen LogP contribution in [0.3, 0.4) is 0 Å². The lowest BCUT2D eigenvalue weighted by Gasteiger charge is -2.04. The fourth-order valence-electron chi connectivity index (χ4n) is 2.50. The average molecular weight is 410 g/mol. The van der Waals surface area contributed by atoms with E-state index in [1.54, 1.807) is 7.11 Å². The number of hydrogen-bond donors (Lipinski definition) is 0. The highest BCUT2D eigenvalue weighted by atomic mass is 32.2. The molecule has 0 unspecified atom stereocenters. The van der Waals surface area contributed by atoms with Crippen molar-refractivity contribution in [2.45, 2.75) is 24.5 Å². The fourth-order valence-corrected chi connectivity index (χ4v) is 3.12. The van der Waals surface area contributed by atoms with Crippen LogP contribution in [0.5, 0.6) is 11.5 Å². The number of thioether (sulfide) groups is 1. The molecule has 0 amide bonds. The van der Waals surface area contributed by atoms with Gasteiger partial charge in [0.05, 0.1) is 12.9 Å². The van der Waals surface area contributed by atoms with E-state index in [-0.39, 0.29) is 6.61 Å². The summed E-state index contributed by atoms with van der Waals surface area (Å²) in [5.41, 5.74) is 2.02. The quantitative estimate of drug-likeness (QED) is 0.394. The summed E-state index contributed by atoms with van der Waals surface area (Å²) in [5, 5.41) is 16.6. The zero-order valence-corrected chi connectivity index (χ0v) is 16.7. The monoisotopic (exact) mass is 410 g/mol. The topological polar surface area (TPSA) is 96.3 Å². The third kappa shape index (κ3) is 4.94. The number of ether oxygens (including phenoxy) is 2. The molecule has 29 heavy (non-hydrogen) atoms. The second-order valence-corrected chi connectivity index (χ2v) is 7.01. The Kier molecular flexibility index (Phi) is 5.76. The molecule has 0 bridgehead atoms. The van der Waals surface area contributed by atoms with Gasteiger partial charge in [-0.15, -0.1) is 20.4 Å². The Morgan fingerprint density at radius 2 is 1.69 bits per heavy atom. The maximum absolute atomic E-state index is 5.71. The van der Waals surface area contributed by atoms with Crippen molar-refractivity contribution in [3.63, 3.8) is 0 Å². The zero-order valence-electron chi connectivity index (χ0n) is 15.9. The van der Waals surface area contributed by atoms with Crippen LogP contribution in [-0.2, 0) is 12.4 Å². The van der Waals surface area contributed by atoms with Gasteiger partial charge in [-0.05, 0) is 43.3 Å². The molecule has 2 aromatic heterocycles. The third-order valence-corrected chi connectivity index (χ3v) is 4.72. The molecule has 9 heteroatoms. The lowest BCUT2D eigenvalue weighted by molar-refractivity contribution is 0.252. The summed E-state index contributed by atoms with van der Waals surface area (Å²) in [6.07, 6.45) is 0. The molecule has 0 aliphatic carbocycles. The van der Waals surface area contributed by atoms with Crippen LogP contribution in [-0.4, -0.2) is 27.5 Å². The average Bonchev–Trinajstić information content (AvgIpc) is 3.41. The standard InChI is InChI=1S/C20H18N4O4S/c1-13-4-3-5-14(10-13)19-23-22-18(27-19)12-29-20-24-21-17(28-20)11-26-16-8-6-15(25-2)7-9-16/h3-10H,11-12H2,1-2H3. The lowest BCUT2D eigenvalue weighted by atomic mass is 10.1. The van der Waals surface area contributed by atoms with E-state index in [0.29, 0.717) is 34.4 Å². The number of methoxy groups -OCH3 is 1. The SMILES string of the molecule is COc1ccc(OCc2nnc(SCc3nnc(-c4cccc(C)c4)o3)o2)cc1. The molecule has 4 aromatic rings. The smallest absolute Gasteiger partial charge is 0.277 e. The first-order valence-corrected chi connectivity index (χ1v) is 9.79. The number of nitrogens with zero attached hydrogens (tertiary/aromatic N) is 4. The summed E-state index contributed by atoms with van der Waals surface area (Å²) in [5.74, 6) is 3.24. The minimum Gasteiger partial charge on any atom is -0.497 e. The Morgan fingerprint density at radius 1 is 0.897 bits per heavy atom. The Balaban J connectivity index is 1.30. The van der Waals surface area contributed by atoms with Crippen molar-refractivity contribution < 1.29 is 18.3 Å². The van der Waals surface area contributed by atoms with Gasteiger partial charge in [-0.1, -0.05) is 29.5 Å². The molecule has 2 heterocycles. The zero-order chi connectivity index (χ0) is 20.1. The first-order chi connectivity index (χ1) is 14.2. The normalized spacial score (nSPS) is 10.8. The molecule has 0 saturated heterocycles. The highest BCUT2D eigenvalue weighted by molar-refractivity contribution is 7.98. The number of aromatic nitrogens is 4. The summed E-state index contributed by atoms with van der Waals surface area (Å²) in [4.78, 5) is 0. The number of rotatable bonds is 8. The molecule has 0 radical (unpaired) electrons. The Morgan fingerprint density at radius 3 is 2.48 bits per heavy atom. The highest BCUT2D eigenvalue weighted by Crippen LogP contribution is 2.25. The van der Waals surface area contributed by atoms with Gasteiger partial charge in [-0.25, -0.2) is 0 Å². The minimum absolute atomic E-state index is 0.179. The Labute approximate surface area is 171 Å². The summed E-state index contributed by atoms with van der Waals surface area (Å²) in [6.45, 7) is 2.19. The second kappa shape index (κ2) is 8.78. The maximum atomic E-state index is 5.71. The predicted octanol–water partition coefficient (Wildman–Crippen LogP) is 4.31. The molecule has 0 aliphatic heterocycles. The molecule has 0 saturated carbocycles. The third-order valence-electron chi connectivity index (χ3n) is 3.92. The van der Waals surface area contributed by atoms with Crippen molar-refractivity contribution in [2.24, 2.45) is 0 Å². The van der Waals surface area contributed by atoms with E-state index < -0.39 is 0 Å². The predicted molar refractivity (Wildman–Crippen MR) is 106 cm³/mol. The fraction of sp³-hybridized carbons (Fsp3) is 0.200. The van der Waals surface area contributed by atoms with E-state index in [9.17, 15) is 0 Å². The van der Waals surface area contributed by atoms with Crippen LogP contribution in [0.15, 0.2) is 62.6 Å². The lowest BCUT2D eigenvalue weighted by Crippen LogP contribution is -1.95. The van der Waals surface area contributed by atoms with Crippen LogP contribution in [0.4, 0.5) is 0 Å². The summed E-state index contributed by atoms with van der Waals surface area (Å²) >= 11 is 1.32. The van der Waals surface area contributed by atoms with Gasteiger partial charge in [0.2, 0.25) is 11.8 Å². The molecule has 2 aromatic carbocycles. The first-order valence-electron chi connectivity index (χ1n) is 8.81. The van der Waals surface area contributed by atoms with Crippen molar-refractivity contribution in [1.29, 1.82) is 0 Å². The van der Waals surface area contributed by atoms with Crippen molar-refractivity contribution in [1.82, 2.24) is 20.4 Å². The van der Waals surface area contributed by atoms with Gasteiger partial charge in [0.15, 0.2) is 6.61 Å². The minimum atomic E-state index is 0.179. The second-order valence-electron chi connectivity index (χ2n) is 6.09.